The fourth-order valence-electron chi connectivity index (χ4n) is 1.50. The molecule has 0 bridgehead atoms. The number of H-pyrrole nitrogens is 1. The molecular weight excluding hydrogens is 337 g/mol. The number of nitrogen functional groups attached to an aromatic ring is 1. The van der Waals surface area contributed by atoms with Crippen LogP contribution in [0.1, 0.15) is 13.3 Å². The number of imidazole rings is 1. The van der Waals surface area contributed by atoms with Crippen LogP contribution in [-0.2, 0) is 9.61 Å². The van der Waals surface area contributed by atoms with Crippen molar-refractivity contribution in [3.63, 3.8) is 0 Å². The minimum atomic E-state index is -0.315. The number of nitrogens with zero attached hydrogens (tertiary/aromatic N) is 3. The van der Waals surface area contributed by atoms with Gasteiger partial charge in [0, 0.05) is 6.54 Å². The van der Waals surface area contributed by atoms with Crippen molar-refractivity contribution in [3.05, 3.63) is 16.7 Å². The lowest BCUT2D eigenvalue weighted by Gasteiger charge is -2.08. The maximum Gasteiger partial charge on any atom is 0.280 e. The zero-order chi connectivity index (χ0) is 12.4. The van der Waals surface area contributed by atoms with Crippen LogP contribution in [0.4, 0.5) is 5.95 Å². The molecular formula is C9H12IN5O2. The summed E-state index contributed by atoms with van der Waals surface area (Å²) in [5.41, 5.74) is 6.00. The zero-order valence-electron chi connectivity index (χ0n) is 9.18. The number of hydrogen-bond acceptors (Lipinski definition) is 5. The number of nitrogens with one attached hydrogen (secondary N) is 1. The van der Waals surface area contributed by atoms with E-state index in [-0.39, 0.29) is 17.6 Å². The molecule has 0 aliphatic heterocycles. The van der Waals surface area contributed by atoms with Crippen LogP contribution in [0.5, 0.6) is 0 Å². The lowest BCUT2D eigenvalue weighted by Crippen LogP contribution is -2.13. The maximum absolute atomic E-state index is 11.5. The van der Waals surface area contributed by atoms with Crippen molar-refractivity contribution in [1.82, 2.24) is 19.5 Å². The van der Waals surface area contributed by atoms with Crippen molar-refractivity contribution in [1.29, 1.82) is 0 Å². The van der Waals surface area contributed by atoms with Gasteiger partial charge in [-0.3, -0.25) is 9.78 Å². The Balaban J connectivity index is 2.33. The van der Waals surface area contributed by atoms with Gasteiger partial charge < -0.3 is 13.4 Å². The van der Waals surface area contributed by atoms with Crippen molar-refractivity contribution in [3.8, 4) is 0 Å². The molecule has 2 heterocycles. The first kappa shape index (κ1) is 12.3. The largest absolute Gasteiger partial charge is 0.369 e. The third-order valence-corrected chi connectivity index (χ3v) is 3.29. The lowest BCUT2D eigenvalue weighted by molar-refractivity contribution is 0.281. The molecule has 2 rings (SSSR count). The first-order valence-corrected chi connectivity index (χ1v) is 5.98. The molecule has 2 aromatic heterocycles. The molecule has 0 aromatic carbocycles. The van der Waals surface area contributed by atoms with Crippen LogP contribution in [0.2, 0.25) is 0 Å². The number of anilines is 1. The predicted molar refractivity (Wildman–Crippen MR) is 71.7 cm³/mol. The fraction of sp³-hybridized carbons (Fsp3) is 0.444. The van der Waals surface area contributed by atoms with Crippen LogP contribution in [0.3, 0.4) is 0 Å². The quantitative estimate of drug-likeness (QED) is 0.798. The number of aryl methyl sites for hydroxylation is 1. The van der Waals surface area contributed by atoms with Gasteiger partial charge >= 0.3 is 0 Å². The first-order valence-electron chi connectivity index (χ1n) is 5.10. The first-order chi connectivity index (χ1) is 8.11. The summed E-state index contributed by atoms with van der Waals surface area (Å²) < 4.78 is 6.93. The van der Waals surface area contributed by atoms with Crippen molar-refractivity contribution < 1.29 is 3.07 Å². The van der Waals surface area contributed by atoms with Crippen LogP contribution in [0, 0.1) is 0 Å². The van der Waals surface area contributed by atoms with Crippen molar-refractivity contribution in [2.24, 2.45) is 0 Å². The molecule has 2 aromatic rings. The van der Waals surface area contributed by atoms with E-state index in [2.05, 4.69) is 15.0 Å². The van der Waals surface area contributed by atoms with E-state index in [0.717, 1.165) is 6.42 Å². The van der Waals surface area contributed by atoms with E-state index in [9.17, 15) is 4.79 Å². The van der Waals surface area contributed by atoms with Crippen LogP contribution in [0.25, 0.3) is 11.2 Å². The number of fused-ring (bicyclic) bond motifs is 1. The summed E-state index contributed by atoms with van der Waals surface area (Å²) in [6.45, 7) is 2.65. The van der Waals surface area contributed by atoms with Crippen LogP contribution in [0.15, 0.2) is 11.1 Å². The molecule has 1 atom stereocenters. The highest BCUT2D eigenvalue weighted by Crippen LogP contribution is 2.10. The molecule has 0 amide bonds. The number of hydrogen-bond donors (Lipinski definition) is 2. The second-order valence-corrected chi connectivity index (χ2v) is 4.26. The number of aromatic amines is 1. The lowest BCUT2D eigenvalue weighted by atomic mass is 10.3. The van der Waals surface area contributed by atoms with E-state index < -0.39 is 0 Å². The number of aromatic nitrogens is 4. The summed E-state index contributed by atoms with van der Waals surface area (Å²) in [7, 11) is 0. The summed E-state index contributed by atoms with van der Waals surface area (Å²) in [5, 5.41) is 0. The van der Waals surface area contributed by atoms with E-state index in [1.807, 2.05) is 29.9 Å². The molecule has 3 N–H and O–H groups in total. The Kier molecular flexibility index (Phi) is 3.62. The molecule has 1 unspecified atom stereocenters. The molecule has 0 aliphatic rings. The Morgan fingerprint density at radius 1 is 1.71 bits per heavy atom. The van der Waals surface area contributed by atoms with Gasteiger partial charge in [-0.2, -0.15) is 4.98 Å². The maximum atomic E-state index is 11.5. The Labute approximate surface area is 111 Å². The summed E-state index contributed by atoms with van der Waals surface area (Å²) >= 11 is 1.87. The average molecular weight is 349 g/mol. The van der Waals surface area contributed by atoms with Gasteiger partial charge in [0.1, 0.15) is 23.0 Å². The van der Waals surface area contributed by atoms with Gasteiger partial charge in [-0.05, 0) is 13.3 Å². The molecule has 0 radical (unpaired) electrons. The summed E-state index contributed by atoms with van der Waals surface area (Å²) in [6.07, 6.45) is 2.53. The molecule has 0 spiro atoms. The molecule has 17 heavy (non-hydrogen) atoms. The average Bonchev–Trinajstić information content (AvgIpc) is 2.69. The Morgan fingerprint density at radius 3 is 3.18 bits per heavy atom. The summed E-state index contributed by atoms with van der Waals surface area (Å²) in [4.78, 5) is 22.0. The highest BCUT2D eigenvalue weighted by atomic mass is 127. The summed E-state index contributed by atoms with van der Waals surface area (Å²) in [6, 6.07) is 0. The number of rotatable bonds is 4. The molecule has 0 saturated heterocycles. The normalized spacial score (nSPS) is 13.1. The standard InChI is InChI=1S/C9H12IN5O2/c1-5(17-10)2-3-15-4-12-6-7(15)13-9(11)14-8(6)16/h4-5H,2-3H2,1H3,(H3,11,13,14,16). The predicted octanol–water partition coefficient (Wildman–Crippen LogP) is 0.847. The Morgan fingerprint density at radius 2 is 2.47 bits per heavy atom. The van der Waals surface area contributed by atoms with Gasteiger partial charge in [-0.15, -0.1) is 0 Å². The van der Waals surface area contributed by atoms with Gasteiger partial charge in [-0.1, -0.05) is 0 Å². The van der Waals surface area contributed by atoms with Crippen LogP contribution < -0.4 is 11.3 Å². The Hall–Kier alpha value is -1.16. The van der Waals surface area contributed by atoms with E-state index in [0.29, 0.717) is 17.7 Å². The van der Waals surface area contributed by atoms with Crippen LogP contribution in [-0.4, -0.2) is 25.6 Å². The second kappa shape index (κ2) is 5.00. The Bertz CT molecular complexity index is 578. The third-order valence-electron chi connectivity index (χ3n) is 2.42. The fourth-order valence-corrected chi connectivity index (χ4v) is 1.75. The highest BCUT2D eigenvalue weighted by Gasteiger charge is 2.10. The molecule has 8 heteroatoms. The highest BCUT2D eigenvalue weighted by molar-refractivity contribution is 14.1. The minimum Gasteiger partial charge on any atom is -0.369 e. The monoisotopic (exact) mass is 349 g/mol. The van der Waals surface area contributed by atoms with E-state index >= 15 is 0 Å². The minimum absolute atomic E-state index is 0.0995. The SMILES string of the molecule is CC(CCn1cnc2c(=O)[nH]c(N)nc21)OI. The number of halogens is 1. The van der Waals surface area contributed by atoms with Crippen molar-refractivity contribution in [2.45, 2.75) is 26.0 Å². The molecule has 0 aliphatic carbocycles. The van der Waals surface area contributed by atoms with E-state index in [1.165, 1.54) is 0 Å². The van der Waals surface area contributed by atoms with E-state index in [1.54, 1.807) is 10.9 Å². The number of nitrogens with two attached hydrogens (primary N) is 1. The van der Waals surface area contributed by atoms with Gasteiger partial charge in [0.05, 0.1) is 12.4 Å². The van der Waals surface area contributed by atoms with Crippen LogP contribution >= 0.6 is 23.0 Å². The van der Waals surface area contributed by atoms with Gasteiger partial charge in [0.15, 0.2) is 11.2 Å². The van der Waals surface area contributed by atoms with Gasteiger partial charge in [0.25, 0.3) is 5.56 Å². The molecule has 92 valence electrons. The zero-order valence-corrected chi connectivity index (χ0v) is 11.3. The third kappa shape index (κ3) is 2.57. The van der Waals surface area contributed by atoms with Crippen molar-refractivity contribution >= 4 is 40.1 Å². The molecule has 0 saturated carbocycles. The topological polar surface area (TPSA) is 98.8 Å². The summed E-state index contributed by atoms with van der Waals surface area (Å²) in [5.74, 6) is 0.0995. The second-order valence-electron chi connectivity index (χ2n) is 3.75. The molecule has 7 nitrogen and oxygen atoms in total. The van der Waals surface area contributed by atoms with Gasteiger partial charge in [-0.25, -0.2) is 4.98 Å². The van der Waals surface area contributed by atoms with Crippen molar-refractivity contribution in [2.75, 3.05) is 5.73 Å². The van der Waals surface area contributed by atoms with Gasteiger partial charge in [0.2, 0.25) is 5.95 Å². The molecule has 0 fully saturated rings. The smallest absolute Gasteiger partial charge is 0.280 e. The van der Waals surface area contributed by atoms with E-state index in [4.69, 9.17) is 8.80 Å².